The van der Waals surface area contributed by atoms with E-state index in [1.807, 2.05) is 48.0 Å². The lowest BCUT2D eigenvalue weighted by Gasteiger charge is -2.13. The van der Waals surface area contributed by atoms with Crippen molar-refractivity contribution in [2.45, 2.75) is 6.92 Å². The third-order valence-corrected chi connectivity index (χ3v) is 4.18. The van der Waals surface area contributed by atoms with Gasteiger partial charge in [0.1, 0.15) is 0 Å². The van der Waals surface area contributed by atoms with Gasteiger partial charge in [0.15, 0.2) is 5.65 Å². The highest BCUT2D eigenvalue weighted by molar-refractivity contribution is 5.90. The molecule has 0 atom stereocenters. The molecular formula is C20H15N5O. The number of rotatable bonds is 3. The fourth-order valence-electron chi connectivity index (χ4n) is 2.89. The van der Waals surface area contributed by atoms with Gasteiger partial charge in [0, 0.05) is 35.4 Å². The zero-order chi connectivity index (χ0) is 18.1. The Balaban J connectivity index is 2.05. The van der Waals surface area contributed by atoms with Gasteiger partial charge in [-0.3, -0.25) is 9.38 Å². The lowest BCUT2D eigenvalue weighted by atomic mass is 10.0. The molecule has 1 aromatic carbocycles. The maximum absolute atomic E-state index is 9.05. The van der Waals surface area contributed by atoms with E-state index in [9.17, 15) is 0 Å². The standard InChI is InChI=1S/C20H15N5O/c1-13-3-6-16(12-23-13)17-18(15-7-4-14(11-21)5-8-15)24-20(26-2)25-10-9-22-19(17)25/h3-10,12H,1-2H3. The summed E-state index contributed by atoms with van der Waals surface area (Å²) in [4.78, 5) is 13.6. The molecule has 0 spiro atoms. The zero-order valence-electron chi connectivity index (χ0n) is 14.3. The maximum Gasteiger partial charge on any atom is 0.302 e. The lowest BCUT2D eigenvalue weighted by molar-refractivity contribution is 0.375. The predicted octanol–water partition coefficient (Wildman–Crippen LogP) is 3.65. The van der Waals surface area contributed by atoms with E-state index < -0.39 is 0 Å². The van der Waals surface area contributed by atoms with E-state index in [1.54, 1.807) is 25.4 Å². The number of aryl methyl sites for hydroxylation is 1. The molecule has 3 aromatic heterocycles. The molecule has 0 saturated heterocycles. The minimum atomic E-state index is 0.445. The first-order valence-electron chi connectivity index (χ1n) is 8.06. The molecule has 4 rings (SSSR count). The number of nitriles is 1. The average molecular weight is 341 g/mol. The molecule has 0 N–H and O–H groups in total. The summed E-state index contributed by atoms with van der Waals surface area (Å²) in [5.74, 6) is 0. The molecule has 4 aromatic rings. The second-order valence-electron chi connectivity index (χ2n) is 5.82. The topological polar surface area (TPSA) is 76.1 Å². The summed E-state index contributed by atoms with van der Waals surface area (Å²) in [6.45, 7) is 1.95. The summed E-state index contributed by atoms with van der Waals surface area (Å²) >= 11 is 0. The first kappa shape index (κ1) is 15.8. The van der Waals surface area contributed by atoms with Crippen LogP contribution in [0.2, 0.25) is 0 Å². The van der Waals surface area contributed by atoms with E-state index in [1.165, 1.54) is 0 Å². The second-order valence-corrected chi connectivity index (χ2v) is 5.82. The van der Waals surface area contributed by atoms with Gasteiger partial charge in [-0.25, -0.2) is 4.98 Å². The smallest absolute Gasteiger partial charge is 0.302 e. The largest absolute Gasteiger partial charge is 0.468 e. The van der Waals surface area contributed by atoms with Crippen molar-refractivity contribution in [1.29, 1.82) is 5.26 Å². The molecule has 26 heavy (non-hydrogen) atoms. The van der Waals surface area contributed by atoms with E-state index in [-0.39, 0.29) is 0 Å². The highest BCUT2D eigenvalue weighted by Crippen LogP contribution is 2.35. The van der Waals surface area contributed by atoms with Crippen LogP contribution in [0.1, 0.15) is 11.3 Å². The Hall–Kier alpha value is -3.72. The molecule has 0 radical (unpaired) electrons. The van der Waals surface area contributed by atoms with E-state index in [4.69, 9.17) is 15.0 Å². The molecule has 126 valence electrons. The van der Waals surface area contributed by atoms with Crippen molar-refractivity contribution >= 4 is 5.65 Å². The lowest BCUT2D eigenvalue weighted by Crippen LogP contribution is -2.02. The number of benzene rings is 1. The molecular weight excluding hydrogens is 326 g/mol. The molecule has 0 amide bonds. The second kappa shape index (κ2) is 6.30. The van der Waals surface area contributed by atoms with Crippen LogP contribution in [0.5, 0.6) is 6.01 Å². The number of hydrogen-bond acceptors (Lipinski definition) is 5. The van der Waals surface area contributed by atoms with Crippen LogP contribution in [-0.4, -0.2) is 26.5 Å². The van der Waals surface area contributed by atoms with Crippen molar-refractivity contribution in [1.82, 2.24) is 19.4 Å². The van der Waals surface area contributed by atoms with Crippen molar-refractivity contribution < 1.29 is 4.74 Å². The minimum Gasteiger partial charge on any atom is -0.468 e. The number of pyridine rings is 1. The Morgan fingerprint density at radius 1 is 1.04 bits per heavy atom. The van der Waals surface area contributed by atoms with Crippen LogP contribution >= 0.6 is 0 Å². The Morgan fingerprint density at radius 3 is 2.46 bits per heavy atom. The molecule has 0 saturated carbocycles. The van der Waals surface area contributed by atoms with Gasteiger partial charge in [0.2, 0.25) is 0 Å². The average Bonchev–Trinajstić information content (AvgIpc) is 3.17. The summed E-state index contributed by atoms with van der Waals surface area (Å²) in [6.07, 6.45) is 5.35. The van der Waals surface area contributed by atoms with Gasteiger partial charge in [-0.1, -0.05) is 18.2 Å². The first-order valence-corrected chi connectivity index (χ1v) is 8.06. The fourth-order valence-corrected chi connectivity index (χ4v) is 2.89. The minimum absolute atomic E-state index is 0.445. The number of methoxy groups -OCH3 is 1. The number of nitrogens with zero attached hydrogens (tertiary/aromatic N) is 5. The number of fused-ring (bicyclic) bond motifs is 1. The Bertz CT molecular complexity index is 1120. The van der Waals surface area contributed by atoms with Gasteiger partial charge in [0.25, 0.3) is 0 Å². The van der Waals surface area contributed by atoms with Gasteiger partial charge >= 0.3 is 6.01 Å². The zero-order valence-corrected chi connectivity index (χ0v) is 14.3. The molecule has 0 unspecified atom stereocenters. The third kappa shape index (κ3) is 2.56. The summed E-state index contributed by atoms with van der Waals surface area (Å²) < 4.78 is 7.25. The molecule has 0 aliphatic carbocycles. The highest BCUT2D eigenvalue weighted by atomic mass is 16.5. The number of ether oxygens (including phenoxy) is 1. The van der Waals surface area contributed by atoms with Crippen LogP contribution in [0.4, 0.5) is 0 Å². The number of hydrogen-bond donors (Lipinski definition) is 0. The van der Waals surface area contributed by atoms with Gasteiger partial charge in [-0.2, -0.15) is 10.2 Å². The molecule has 0 fully saturated rings. The summed E-state index contributed by atoms with van der Waals surface area (Å²) in [5.41, 5.74) is 5.67. The maximum atomic E-state index is 9.05. The number of aromatic nitrogens is 4. The Kier molecular flexibility index (Phi) is 3.82. The summed E-state index contributed by atoms with van der Waals surface area (Å²) in [5, 5.41) is 9.05. The van der Waals surface area contributed by atoms with E-state index in [0.29, 0.717) is 11.6 Å². The molecule has 6 nitrogen and oxygen atoms in total. The van der Waals surface area contributed by atoms with Crippen LogP contribution in [0.15, 0.2) is 55.0 Å². The van der Waals surface area contributed by atoms with Gasteiger partial charge in [-0.15, -0.1) is 0 Å². The van der Waals surface area contributed by atoms with Crippen molar-refractivity contribution in [2.75, 3.05) is 7.11 Å². The van der Waals surface area contributed by atoms with Crippen molar-refractivity contribution in [3.63, 3.8) is 0 Å². The van der Waals surface area contributed by atoms with Gasteiger partial charge in [0.05, 0.1) is 30.0 Å². The predicted molar refractivity (Wildman–Crippen MR) is 97.7 cm³/mol. The monoisotopic (exact) mass is 341 g/mol. The van der Waals surface area contributed by atoms with Crippen molar-refractivity contribution in [2.24, 2.45) is 0 Å². The fraction of sp³-hybridized carbons (Fsp3) is 0.100. The van der Waals surface area contributed by atoms with Crippen molar-refractivity contribution in [3.8, 4) is 34.5 Å². The van der Waals surface area contributed by atoms with Gasteiger partial charge < -0.3 is 4.74 Å². The Morgan fingerprint density at radius 2 is 1.81 bits per heavy atom. The van der Waals surface area contributed by atoms with E-state index >= 15 is 0 Å². The van der Waals surface area contributed by atoms with Crippen LogP contribution in [-0.2, 0) is 0 Å². The van der Waals surface area contributed by atoms with E-state index in [2.05, 4.69) is 16.0 Å². The highest BCUT2D eigenvalue weighted by Gasteiger charge is 2.19. The molecule has 3 heterocycles. The molecule has 0 aliphatic rings. The van der Waals surface area contributed by atoms with Crippen LogP contribution < -0.4 is 4.74 Å². The van der Waals surface area contributed by atoms with Crippen LogP contribution in [0.3, 0.4) is 0 Å². The van der Waals surface area contributed by atoms with Crippen molar-refractivity contribution in [3.05, 3.63) is 66.2 Å². The molecule has 6 heteroatoms. The van der Waals surface area contributed by atoms with Crippen LogP contribution in [0.25, 0.3) is 28.0 Å². The quantitative estimate of drug-likeness (QED) is 0.568. The molecule has 0 bridgehead atoms. The molecule has 0 aliphatic heterocycles. The normalized spacial score (nSPS) is 10.7. The van der Waals surface area contributed by atoms with Gasteiger partial charge in [-0.05, 0) is 25.1 Å². The number of imidazole rings is 1. The Labute approximate surface area is 150 Å². The van der Waals surface area contributed by atoms with E-state index in [0.717, 1.165) is 33.7 Å². The summed E-state index contributed by atoms with van der Waals surface area (Å²) in [7, 11) is 1.58. The first-order chi connectivity index (χ1) is 12.7. The van der Waals surface area contributed by atoms with Crippen LogP contribution in [0, 0.1) is 18.3 Å². The summed E-state index contributed by atoms with van der Waals surface area (Å²) in [6, 6.07) is 13.9. The third-order valence-electron chi connectivity index (χ3n) is 4.18. The SMILES string of the molecule is COc1nc(-c2ccc(C#N)cc2)c(-c2ccc(C)nc2)c2nccn12.